The summed E-state index contributed by atoms with van der Waals surface area (Å²) in [4.78, 5) is 2.63. The van der Waals surface area contributed by atoms with E-state index in [9.17, 15) is 0 Å². The molecule has 2 rings (SSSR count). The lowest BCUT2D eigenvalue weighted by molar-refractivity contribution is 0.229. The second-order valence-corrected chi connectivity index (χ2v) is 5.81. The van der Waals surface area contributed by atoms with Crippen molar-refractivity contribution in [2.75, 3.05) is 18.8 Å². The summed E-state index contributed by atoms with van der Waals surface area (Å²) in [5.74, 6) is 1.77. The molecule has 1 aliphatic heterocycles. The van der Waals surface area contributed by atoms with Crippen molar-refractivity contribution in [3.05, 3.63) is 35.4 Å². The minimum Gasteiger partial charge on any atom is -0.299 e. The Balaban J connectivity index is 1.99. The first-order valence-electron chi connectivity index (χ1n) is 7.23. The Morgan fingerprint density at radius 1 is 1.28 bits per heavy atom. The van der Waals surface area contributed by atoms with Gasteiger partial charge >= 0.3 is 0 Å². The van der Waals surface area contributed by atoms with Gasteiger partial charge in [-0.3, -0.25) is 4.90 Å². The SMILES string of the molecule is CCCC(CS)CN1CCCc2ccccc2C1. The van der Waals surface area contributed by atoms with Crippen LogP contribution in [0.5, 0.6) is 0 Å². The molecule has 1 heterocycles. The molecule has 2 heteroatoms. The van der Waals surface area contributed by atoms with Crippen molar-refractivity contribution in [2.45, 2.75) is 39.2 Å². The molecule has 0 saturated carbocycles. The van der Waals surface area contributed by atoms with E-state index >= 15 is 0 Å². The van der Waals surface area contributed by atoms with Crippen LogP contribution in [0.3, 0.4) is 0 Å². The number of hydrogen-bond acceptors (Lipinski definition) is 2. The highest BCUT2D eigenvalue weighted by atomic mass is 32.1. The van der Waals surface area contributed by atoms with Crippen LogP contribution in [0.25, 0.3) is 0 Å². The number of thiol groups is 1. The van der Waals surface area contributed by atoms with Gasteiger partial charge in [-0.25, -0.2) is 0 Å². The monoisotopic (exact) mass is 263 g/mol. The fourth-order valence-corrected chi connectivity index (χ4v) is 3.24. The van der Waals surface area contributed by atoms with E-state index in [1.165, 1.54) is 44.3 Å². The molecule has 0 saturated heterocycles. The summed E-state index contributed by atoms with van der Waals surface area (Å²) in [6.07, 6.45) is 5.12. The fourth-order valence-electron chi connectivity index (χ4n) is 2.94. The maximum Gasteiger partial charge on any atom is 0.0236 e. The third-order valence-electron chi connectivity index (χ3n) is 3.90. The Morgan fingerprint density at radius 3 is 2.78 bits per heavy atom. The molecule has 0 radical (unpaired) electrons. The molecule has 100 valence electrons. The van der Waals surface area contributed by atoms with Crippen molar-refractivity contribution in [2.24, 2.45) is 5.92 Å². The topological polar surface area (TPSA) is 3.24 Å². The van der Waals surface area contributed by atoms with Crippen molar-refractivity contribution in [1.29, 1.82) is 0 Å². The van der Waals surface area contributed by atoms with E-state index in [2.05, 4.69) is 48.7 Å². The number of fused-ring (bicyclic) bond motifs is 1. The largest absolute Gasteiger partial charge is 0.299 e. The Labute approximate surface area is 117 Å². The van der Waals surface area contributed by atoms with Gasteiger partial charge in [0.15, 0.2) is 0 Å². The van der Waals surface area contributed by atoms with Crippen LogP contribution in [0.1, 0.15) is 37.3 Å². The molecule has 0 spiro atoms. The summed E-state index contributed by atoms with van der Waals surface area (Å²) in [7, 11) is 0. The molecular formula is C16H25NS. The van der Waals surface area contributed by atoms with E-state index in [0.29, 0.717) is 0 Å². The number of nitrogens with zero attached hydrogens (tertiary/aromatic N) is 1. The highest BCUT2D eigenvalue weighted by Gasteiger charge is 2.16. The highest BCUT2D eigenvalue weighted by molar-refractivity contribution is 7.80. The molecule has 1 aromatic rings. The Morgan fingerprint density at radius 2 is 2.06 bits per heavy atom. The third-order valence-corrected chi connectivity index (χ3v) is 4.42. The molecule has 18 heavy (non-hydrogen) atoms. The fraction of sp³-hybridized carbons (Fsp3) is 0.625. The zero-order chi connectivity index (χ0) is 12.8. The molecule has 1 unspecified atom stereocenters. The lowest BCUT2D eigenvalue weighted by atomic mass is 10.0. The summed E-state index contributed by atoms with van der Waals surface area (Å²) in [5, 5.41) is 0. The van der Waals surface area contributed by atoms with Crippen molar-refractivity contribution < 1.29 is 0 Å². The predicted molar refractivity (Wildman–Crippen MR) is 82.3 cm³/mol. The highest BCUT2D eigenvalue weighted by Crippen LogP contribution is 2.20. The first kappa shape index (κ1) is 14.0. The maximum absolute atomic E-state index is 4.50. The van der Waals surface area contributed by atoms with Gasteiger partial charge in [-0.05, 0) is 48.6 Å². The summed E-state index contributed by atoms with van der Waals surface area (Å²) in [6.45, 7) is 5.85. The molecule has 0 aromatic heterocycles. The zero-order valence-corrected chi connectivity index (χ0v) is 12.3. The molecular weight excluding hydrogens is 238 g/mol. The quantitative estimate of drug-likeness (QED) is 0.791. The van der Waals surface area contributed by atoms with Crippen LogP contribution in [-0.2, 0) is 13.0 Å². The molecule has 0 N–H and O–H groups in total. The van der Waals surface area contributed by atoms with Gasteiger partial charge in [-0.15, -0.1) is 0 Å². The van der Waals surface area contributed by atoms with Crippen molar-refractivity contribution >= 4 is 12.6 Å². The Hall–Kier alpha value is -0.470. The number of benzene rings is 1. The molecule has 0 amide bonds. The van der Waals surface area contributed by atoms with Gasteiger partial charge in [0, 0.05) is 13.1 Å². The molecule has 1 aromatic carbocycles. The zero-order valence-electron chi connectivity index (χ0n) is 11.4. The predicted octanol–water partition coefficient (Wildman–Crippen LogP) is 3.78. The van der Waals surface area contributed by atoms with E-state index < -0.39 is 0 Å². The molecule has 1 aliphatic rings. The summed E-state index contributed by atoms with van der Waals surface area (Å²) in [5.41, 5.74) is 3.09. The van der Waals surface area contributed by atoms with Crippen molar-refractivity contribution in [3.8, 4) is 0 Å². The summed E-state index contributed by atoms with van der Waals surface area (Å²) < 4.78 is 0. The third kappa shape index (κ3) is 3.76. The minimum absolute atomic E-state index is 0.753. The molecule has 0 aliphatic carbocycles. The Bertz CT molecular complexity index is 364. The van der Waals surface area contributed by atoms with Gasteiger partial charge in [0.25, 0.3) is 0 Å². The van der Waals surface area contributed by atoms with Crippen LogP contribution in [0.2, 0.25) is 0 Å². The van der Waals surface area contributed by atoms with Crippen molar-refractivity contribution in [3.63, 3.8) is 0 Å². The normalized spacial score (nSPS) is 18.1. The number of aryl methyl sites for hydroxylation is 1. The average molecular weight is 263 g/mol. The average Bonchev–Trinajstić information content (AvgIpc) is 2.59. The van der Waals surface area contributed by atoms with E-state index in [0.717, 1.165) is 18.2 Å². The van der Waals surface area contributed by atoms with E-state index in [-0.39, 0.29) is 0 Å². The smallest absolute Gasteiger partial charge is 0.0236 e. The molecule has 1 atom stereocenters. The number of hydrogen-bond donors (Lipinski definition) is 1. The van der Waals surface area contributed by atoms with Gasteiger partial charge < -0.3 is 0 Å². The van der Waals surface area contributed by atoms with Crippen LogP contribution in [0.4, 0.5) is 0 Å². The Kier molecular flexibility index (Phi) is 5.58. The lowest BCUT2D eigenvalue weighted by Crippen LogP contribution is -2.30. The lowest BCUT2D eigenvalue weighted by Gasteiger charge is -2.25. The van der Waals surface area contributed by atoms with Crippen LogP contribution < -0.4 is 0 Å². The minimum atomic E-state index is 0.753. The summed E-state index contributed by atoms with van der Waals surface area (Å²) in [6, 6.07) is 8.93. The first-order valence-corrected chi connectivity index (χ1v) is 7.86. The van der Waals surface area contributed by atoms with E-state index in [1.54, 1.807) is 5.56 Å². The second kappa shape index (κ2) is 7.20. The van der Waals surface area contributed by atoms with Crippen LogP contribution >= 0.6 is 12.6 Å². The van der Waals surface area contributed by atoms with Gasteiger partial charge in [0.2, 0.25) is 0 Å². The van der Waals surface area contributed by atoms with Crippen LogP contribution in [0.15, 0.2) is 24.3 Å². The van der Waals surface area contributed by atoms with Crippen molar-refractivity contribution in [1.82, 2.24) is 4.90 Å². The van der Waals surface area contributed by atoms with Gasteiger partial charge in [-0.2, -0.15) is 12.6 Å². The van der Waals surface area contributed by atoms with Crippen LogP contribution in [0, 0.1) is 5.92 Å². The summed E-state index contributed by atoms with van der Waals surface area (Å²) >= 11 is 4.50. The maximum atomic E-state index is 4.50. The van der Waals surface area contributed by atoms with Crippen LogP contribution in [-0.4, -0.2) is 23.7 Å². The van der Waals surface area contributed by atoms with E-state index in [1.807, 2.05) is 0 Å². The van der Waals surface area contributed by atoms with E-state index in [4.69, 9.17) is 0 Å². The number of rotatable bonds is 5. The standard InChI is InChI=1S/C16H25NS/c1-2-6-14(13-18)11-17-10-5-9-15-7-3-4-8-16(15)12-17/h3-4,7-8,14,18H,2,5-6,9-13H2,1H3. The van der Waals surface area contributed by atoms with Gasteiger partial charge in [0.1, 0.15) is 0 Å². The van der Waals surface area contributed by atoms with Gasteiger partial charge in [-0.1, -0.05) is 37.6 Å². The second-order valence-electron chi connectivity index (χ2n) is 5.44. The molecule has 1 nitrogen and oxygen atoms in total. The first-order chi connectivity index (χ1) is 8.83. The van der Waals surface area contributed by atoms with Gasteiger partial charge in [0.05, 0.1) is 0 Å². The molecule has 0 bridgehead atoms. The molecule has 0 fully saturated rings.